The highest BCUT2D eigenvalue weighted by molar-refractivity contribution is 9.10. The number of benzene rings is 2. The minimum atomic E-state index is -7.65. The molecule has 2 aromatic carbocycles. The molecule has 1 N–H and O–H groups in total. The summed E-state index contributed by atoms with van der Waals surface area (Å²) < 4.78 is 164. The van der Waals surface area contributed by atoms with Crippen LogP contribution in [0.15, 0.2) is 53.0 Å². The van der Waals surface area contributed by atoms with Crippen molar-refractivity contribution in [1.82, 2.24) is 4.90 Å². The van der Waals surface area contributed by atoms with E-state index < -0.39 is 67.7 Å². The standard InChI is InChI=1S/C26H23BrF11NO6/c1-2-43-19(20(40)41)13-15-3-7-17(8-4-15)44-12-11-39(21(42)45-18-9-5-16(27)6-10-18)14-22(28,29)23(30,31)24(32,33)25(34,35)26(36,37)38/h3-10,19H,2,11-14H2,1H3,(H,40,41). The monoisotopic (exact) mass is 733 g/mol. The maximum absolute atomic E-state index is 14.5. The first-order chi connectivity index (χ1) is 20.6. The zero-order chi connectivity index (χ0) is 34.4. The molecule has 0 bridgehead atoms. The summed E-state index contributed by atoms with van der Waals surface area (Å²) in [4.78, 5) is 23.5. The fourth-order valence-electron chi connectivity index (χ4n) is 3.47. The molecular formula is C26H23BrF11NO6. The van der Waals surface area contributed by atoms with Crippen molar-refractivity contribution in [3.05, 3.63) is 58.6 Å². The Hall–Kier alpha value is -3.35. The number of carboxylic acid groups (broad SMARTS) is 1. The molecule has 0 aliphatic carbocycles. The molecule has 0 aliphatic rings. The topological polar surface area (TPSA) is 85.3 Å². The van der Waals surface area contributed by atoms with Gasteiger partial charge in [-0.15, -0.1) is 0 Å². The summed E-state index contributed by atoms with van der Waals surface area (Å²) in [5.74, 6) is -30.6. The zero-order valence-electron chi connectivity index (χ0n) is 22.7. The molecule has 1 unspecified atom stereocenters. The van der Waals surface area contributed by atoms with Crippen LogP contribution in [-0.2, 0) is 16.0 Å². The number of amides is 1. The van der Waals surface area contributed by atoms with Crippen LogP contribution in [0, 0.1) is 0 Å². The van der Waals surface area contributed by atoms with Crippen molar-refractivity contribution >= 4 is 28.0 Å². The fourth-order valence-corrected chi connectivity index (χ4v) is 3.74. The summed E-state index contributed by atoms with van der Waals surface area (Å²) >= 11 is 3.04. The van der Waals surface area contributed by atoms with Crippen molar-refractivity contribution in [3.8, 4) is 11.5 Å². The first-order valence-corrected chi connectivity index (χ1v) is 13.2. The Morgan fingerprint density at radius 3 is 1.84 bits per heavy atom. The minimum absolute atomic E-state index is 0.0447. The molecular weight excluding hydrogens is 711 g/mol. The van der Waals surface area contributed by atoms with Gasteiger partial charge in [-0.25, -0.2) is 9.59 Å². The maximum Gasteiger partial charge on any atom is 0.460 e. The van der Waals surface area contributed by atoms with E-state index in [1.807, 2.05) is 0 Å². The molecule has 0 saturated heterocycles. The lowest BCUT2D eigenvalue weighted by Gasteiger charge is -2.38. The molecule has 0 heterocycles. The van der Waals surface area contributed by atoms with Gasteiger partial charge in [-0.05, 0) is 48.9 Å². The summed E-state index contributed by atoms with van der Waals surface area (Å²) in [5.41, 5.74) is 0.446. The molecule has 1 amide bonds. The number of aliphatic carboxylic acids is 1. The number of ether oxygens (including phenoxy) is 3. The van der Waals surface area contributed by atoms with E-state index in [-0.39, 0.29) is 29.4 Å². The zero-order valence-corrected chi connectivity index (χ0v) is 24.3. The highest BCUT2D eigenvalue weighted by atomic mass is 79.9. The molecule has 2 aromatic rings. The van der Waals surface area contributed by atoms with Crippen molar-refractivity contribution in [3.63, 3.8) is 0 Å². The Morgan fingerprint density at radius 1 is 0.822 bits per heavy atom. The Labute approximate surface area is 256 Å². The number of hydrogen-bond donors (Lipinski definition) is 1. The average Bonchev–Trinajstić information content (AvgIpc) is 2.93. The molecule has 0 aromatic heterocycles. The average molecular weight is 734 g/mol. The third-order valence-corrected chi connectivity index (χ3v) is 6.42. The number of nitrogens with zero attached hydrogens (tertiary/aromatic N) is 1. The van der Waals surface area contributed by atoms with Gasteiger partial charge in [0.1, 0.15) is 18.1 Å². The molecule has 0 aliphatic heterocycles. The van der Waals surface area contributed by atoms with Crippen LogP contribution in [0.2, 0.25) is 0 Å². The van der Waals surface area contributed by atoms with Crippen molar-refractivity contribution in [2.45, 2.75) is 49.3 Å². The number of alkyl halides is 11. The molecule has 2 rings (SSSR count). The molecule has 19 heteroatoms. The predicted octanol–water partition coefficient (Wildman–Crippen LogP) is 7.46. The second kappa shape index (κ2) is 14.4. The Balaban J connectivity index is 2.27. The van der Waals surface area contributed by atoms with E-state index in [1.54, 1.807) is 6.92 Å². The van der Waals surface area contributed by atoms with Crippen molar-refractivity contribution in [1.29, 1.82) is 0 Å². The van der Waals surface area contributed by atoms with E-state index in [0.717, 1.165) is 12.1 Å². The number of carbonyl (C=O) groups is 2. The van der Waals surface area contributed by atoms with Gasteiger partial charge in [-0.1, -0.05) is 28.1 Å². The smallest absolute Gasteiger partial charge is 0.460 e. The number of hydrogen-bond acceptors (Lipinski definition) is 5. The number of halogens is 12. The van der Waals surface area contributed by atoms with E-state index in [1.165, 1.54) is 36.4 Å². The summed E-state index contributed by atoms with van der Waals surface area (Å²) in [5, 5.41) is 9.17. The van der Waals surface area contributed by atoms with Crippen molar-refractivity contribution in [2.24, 2.45) is 0 Å². The third-order valence-electron chi connectivity index (χ3n) is 5.89. The molecule has 0 saturated carbocycles. The second-order valence-corrected chi connectivity index (χ2v) is 10.1. The van der Waals surface area contributed by atoms with Gasteiger partial charge in [0, 0.05) is 17.5 Å². The van der Waals surface area contributed by atoms with Crippen LogP contribution in [-0.4, -0.2) is 84.3 Å². The highest BCUT2D eigenvalue weighted by Crippen LogP contribution is 2.57. The van der Waals surface area contributed by atoms with Crippen LogP contribution in [0.1, 0.15) is 12.5 Å². The molecule has 0 radical (unpaired) electrons. The second-order valence-electron chi connectivity index (χ2n) is 9.15. The van der Waals surface area contributed by atoms with Gasteiger partial charge in [-0.2, -0.15) is 48.3 Å². The molecule has 252 valence electrons. The van der Waals surface area contributed by atoms with Gasteiger partial charge < -0.3 is 19.3 Å². The van der Waals surface area contributed by atoms with Gasteiger partial charge in [0.25, 0.3) is 0 Å². The molecule has 0 fully saturated rings. The Morgan fingerprint density at radius 2 is 1.36 bits per heavy atom. The Bertz CT molecular complexity index is 1290. The number of carbonyl (C=O) groups excluding carboxylic acids is 1. The SMILES string of the molecule is CCOC(Cc1ccc(OCCN(CC(F)(F)C(F)(F)C(F)(F)C(F)(F)C(F)(F)F)C(=O)Oc2ccc(Br)cc2)cc1)C(=O)O. The van der Waals surface area contributed by atoms with Crippen molar-refractivity contribution in [2.75, 3.05) is 26.3 Å². The molecule has 0 spiro atoms. The van der Waals surface area contributed by atoms with Crippen LogP contribution >= 0.6 is 15.9 Å². The fraction of sp³-hybridized carbons (Fsp3) is 0.462. The Kier molecular flexibility index (Phi) is 12.1. The predicted molar refractivity (Wildman–Crippen MR) is 136 cm³/mol. The number of carboxylic acids is 1. The van der Waals surface area contributed by atoms with Crippen LogP contribution in [0.4, 0.5) is 53.1 Å². The van der Waals surface area contributed by atoms with E-state index in [9.17, 15) is 57.9 Å². The van der Waals surface area contributed by atoms with Gasteiger partial charge >= 0.3 is 41.9 Å². The van der Waals surface area contributed by atoms with Gasteiger partial charge in [0.15, 0.2) is 6.10 Å². The first-order valence-electron chi connectivity index (χ1n) is 12.4. The van der Waals surface area contributed by atoms with Crippen LogP contribution in [0.3, 0.4) is 0 Å². The quantitative estimate of drug-likeness (QED) is 0.191. The van der Waals surface area contributed by atoms with E-state index in [0.29, 0.717) is 10.0 Å². The van der Waals surface area contributed by atoms with Crippen LogP contribution in [0.5, 0.6) is 11.5 Å². The molecule has 1 atom stereocenters. The highest BCUT2D eigenvalue weighted by Gasteiger charge is 2.87. The molecule has 45 heavy (non-hydrogen) atoms. The van der Waals surface area contributed by atoms with E-state index in [2.05, 4.69) is 15.9 Å². The van der Waals surface area contributed by atoms with Crippen LogP contribution in [0.25, 0.3) is 0 Å². The number of rotatable bonds is 15. The lowest BCUT2D eigenvalue weighted by molar-refractivity contribution is -0.422. The lowest BCUT2D eigenvalue weighted by atomic mass is 9.97. The molecule has 7 nitrogen and oxygen atoms in total. The lowest BCUT2D eigenvalue weighted by Crippen LogP contribution is -2.68. The van der Waals surface area contributed by atoms with Gasteiger partial charge in [0.05, 0.1) is 13.1 Å². The van der Waals surface area contributed by atoms with Gasteiger partial charge in [0.2, 0.25) is 0 Å². The van der Waals surface area contributed by atoms with Crippen LogP contribution < -0.4 is 9.47 Å². The van der Waals surface area contributed by atoms with Gasteiger partial charge in [-0.3, -0.25) is 4.90 Å². The summed E-state index contributed by atoms with van der Waals surface area (Å²) in [6.45, 7) is -3.09. The maximum atomic E-state index is 14.5. The third kappa shape index (κ3) is 8.89. The normalized spacial score (nSPS) is 13.7. The summed E-state index contributed by atoms with van der Waals surface area (Å²) in [7, 11) is 0. The summed E-state index contributed by atoms with van der Waals surface area (Å²) in [6.07, 6.45) is -10.5. The van der Waals surface area contributed by atoms with E-state index >= 15 is 0 Å². The minimum Gasteiger partial charge on any atom is -0.492 e. The van der Waals surface area contributed by atoms with E-state index in [4.69, 9.17) is 19.3 Å². The van der Waals surface area contributed by atoms with Crippen molar-refractivity contribution < 1.29 is 77.2 Å². The largest absolute Gasteiger partial charge is 0.492 e. The first kappa shape index (κ1) is 37.8. The summed E-state index contributed by atoms with van der Waals surface area (Å²) in [6, 6.07) is 10.0.